The Labute approximate surface area is 146 Å². The number of nitrogens with one attached hydrogen (secondary N) is 1. The molecule has 1 aromatic heterocycles. The molecule has 5 heteroatoms. The van der Waals surface area contributed by atoms with E-state index in [1.54, 1.807) is 7.11 Å². The van der Waals surface area contributed by atoms with Crippen molar-refractivity contribution >= 4 is 11.7 Å². The summed E-state index contributed by atoms with van der Waals surface area (Å²) in [5.74, 6) is 1.58. The smallest absolute Gasteiger partial charge is 0.226 e. The molecule has 1 atom stereocenters. The van der Waals surface area contributed by atoms with Crippen LogP contribution in [0.1, 0.15) is 29.0 Å². The normalized spacial score (nSPS) is 16.2. The SMILES string of the molecule is COc1cccc([C@@H]2CC(=O)Nc3c2cnn3Cc2ccccc2)c1. The largest absolute Gasteiger partial charge is 0.497 e. The van der Waals surface area contributed by atoms with E-state index in [4.69, 9.17) is 4.74 Å². The Bertz CT molecular complexity index is 902. The summed E-state index contributed by atoms with van der Waals surface area (Å²) in [5, 5.41) is 7.50. The Morgan fingerprint density at radius 2 is 2.04 bits per heavy atom. The van der Waals surface area contributed by atoms with Crippen molar-refractivity contribution in [3.8, 4) is 5.75 Å². The van der Waals surface area contributed by atoms with Crippen LogP contribution in [0, 0.1) is 0 Å². The first-order valence-corrected chi connectivity index (χ1v) is 8.28. The number of ether oxygens (including phenoxy) is 1. The van der Waals surface area contributed by atoms with Crippen molar-refractivity contribution in [1.82, 2.24) is 9.78 Å². The van der Waals surface area contributed by atoms with Gasteiger partial charge in [0.15, 0.2) is 0 Å². The summed E-state index contributed by atoms with van der Waals surface area (Å²) in [6.45, 7) is 0.626. The van der Waals surface area contributed by atoms with Crippen LogP contribution >= 0.6 is 0 Å². The second kappa shape index (κ2) is 6.43. The number of carbonyl (C=O) groups is 1. The number of benzene rings is 2. The van der Waals surface area contributed by atoms with Gasteiger partial charge < -0.3 is 10.1 Å². The topological polar surface area (TPSA) is 56.1 Å². The highest BCUT2D eigenvalue weighted by Crippen LogP contribution is 2.38. The van der Waals surface area contributed by atoms with Crippen molar-refractivity contribution in [2.75, 3.05) is 12.4 Å². The third-order valence-electron chi connectivity index (χ3n) is 4.56. The minimum absolute atomic E-state index is 0.00938. The van der Waals surface area contributed by atoms with E-state index in [1.807, 2.05) is 53.3 Å². The molecule has 0 fully saturated rings. The first-order valence-electron chi connectivity index (χ1n) is 8.28. The Hall–Kier alpha value is -3.08. The average molecular weight is 333 g/mol. The van der Waals surface area contributed by atoms with Gasteiger partial charge in [-0.1, -0.05) is 42.5 Å². The summed E-state index contributed by atoms with van der Waals surface area (Å²) in [7, 11) is 1.65. The quantitative estimate of drug-likeness (QED) is 0.796. The van der Waals surface area contributed by atoms with Gasteiger partial charge >= 0.3 is 0 Å². The Kier molecular flexibility index (Phi) is 3.98. The molecule has 5 nitrogen and oxygen atoms in total. The molecule has 0 bridgehead atoms. The zero-order valence-electron chi connectivity index (χ0n) is 14.0. The molecule has 2 heterocycles. The number of methoxy groups -OCH3 is 1. The Balaban J connectivity index is 1.71. The molecular weight excluding hydrogens is 314 g/mol. The summed E-state index contributed by atoms with van der Waals surface area (Å²) < 4.78 is 7.18. The highest BCUT2D eigenvalue weighted by atomic mass is 16.5. The molecule has 25 heavy (non-hydrogen) atoms. The van der Waals surface area contributed by atoms with E-state index in [2.05, 4.69) is 22.5 Å². The first kappa shape index (κ1) is 15.4. The van der Waals surface area contributed by atoms with Crippen molar-refractivity contribution in [2.24, 2.45) is 0 Å². The summed E-state index contributed by atoms with van der Waals surface area (Å²) in [6.07, 6.45) is 2.28. The van der Waals surface area contributed by atoms with Crippen LogP contribution in [0.2, 0.25) is 0 Å². The fourth-order valence-corrected chi connectivity index (χ4v) is 3.30. The molecule has 0 aliphatic carbocycles. The van der Waals surface area contributed by atoms with Crippen LogP contribution in [-0.4, -0.2) is 22.8 Å². The minimum atomic E-state index is -0.0108. The van der Waals surface area contributed by atoms with E-state index in [9.17, 15) is 4.79 Å². The molecule has 126 valence electrons. The molecule has 2 aromatic carbocycles. The molecule has 1 aliphatic rings. The molecular formula is C20H19N3O2. The predicted molar refractivity (Wildman–Crippen MR) is 95.9 cm³/mol. The summed E-state index contributed by atoms with van der Waals surface area (Å²) in [6, 6.07) is 18.0. The van der Waals surface area contributed by atoms with E-state index < -0.39 is 0 Å². The lowest BCUT2D eigenvalue weighted by atomic mass is 9.87. The van der Waals surface area contributed by atoms with Crippen molar-refractivity contribution in [1.29, 1.82) is 0 Å². The number of aromatic nitrogens is 2. The van der Waals surface area contributed by atoms with Crippen LogP contribution in [-0.2, 0) is 11.3 Å². The third kappa shape index (κ3) is 3.01. The minimum Gasteiger partial charge on any atom is -0.497 e. The van der Waals surface area contributed by atoms with Crippen molar-refractivity contribution in [3.05, 3.63) is 77.5 Å². The molecule has 1 N–H and O–H groups in total. The summed E-state index contributed by atoms with van der Waals surface area (Å²) in [4.78, 5) is 12.3. The predicted octanol–water partition coefficient (Wildman–Crippen LogP) is 3.41. The van der Waals surface area contributed by atoms with Gasteiger partial charge in [0.1, 0.15) is 11.6 Å². The maximum absolute atomic E-state index is 12.3. The molecule has 0 spiro atoms. The number of amides is 1. The van der Waals surface area contributed by atoms with Crippen LogP contribution in [0.3, 0.4) is 0 Å². The summed E-state index contributed by atoms with van der Waals surface area (Å²) >= 11 is 0. The summed E-state index contributed by atoms with van der Waals surface area (Å²) in [5.41, 5.74) is 3.25. The van der Waals surface area contributed by atoms with Crippen LogP contribution in [0.5, 0.6) is 5.75 Å². The van der Waals surface area contributed by atoms with Gasteiger partial charge in [0, 0.05) is 17.9 Å². The van der Waals surface area contributed by atoms with E-state index >= 15 is 0 Å². The molecule has 4 rings (SSSR count). The van der Waals surface area contributed by atoms with E-state index in [0.717, 1.165) is 28.3 Å². The molecule has 1 amide bonds. The van der Waals surface area contributed by atoms with Gasteiger partial charge in [-0.25, -0.2) is 4.68 Å². The number of rotatable bonds is 4. The number of carbonyl (C=O) groups excluding carboxylic acids is 1. The van der Waals surface area contributed by atoms with Gasteiger partial charge in [-0.2, -0.15) is 5.10 Å². The standard InChI is InChI=1S/C20H19N3O2/c1-25-16-9-5-8-15(10-16)17-11-19(24)22-20-18(17)12-21-23(20)13-14-6-3-2-4-7-14/h2-10,12,17H,11,13H2,1H3,(H,22,24)/t17-/m0/s1. The number of fused-ring (bicyclic) bond motifs is 1. The lowest BCUT2D eigenvalue weighted by molar-refractivity contribution is -0.116. The second-order valence-corrected chi connectivity index (χ2v) is 6.17. The molecule has 0 radical (unpaired) electrons. The number of hydrogen-bond acceptors (Lipinski definition) is 3. The maximum atomic E-state index is 12.3. The number of anilines is 1. The number of hydrogen-bond donors (Lipinski definition) is 1. The Morgan fingerprint density at radius 1 is 1.20 bits per heavy atom. The number of nitrogens with zero attached hydrogens (tertiary/aromatic N) is 2. The monoisotopic (exact) mass is 333 g/mol. The average Bonchev–Trinajstić information content (AvgIpc) is 3.04. The highest BCUT2D eigenvalue weighted by Gasteiger charge is 2.30. The van der Waals surface area contributed by atoms with Gasteiger partial charge in [0.05, 0.1) is 19.9 Å². The molecule has 0 unspecified atom stereocenters. The van der Waals surface area contributed by atoms with Gasteiger partial charge in [-0.15, -0.1) is 0 Å². The highest BCUT2D eigenvalue weighted by molar-refractivity contribution is 5.94. The third-order valence-corrected chi connectivity index (χ3v) is 4.56. The lowest BCUT2D eigenvalue weighted by Crippen LogP contribution is -2.25. The van der Waals surface area contributed by atoms with Gasteiger partial charge in [0.25, 0.3) is 0 Å². The fourth-order valence-electron chi connectivity index (χ4n) is 3.30. The van der Waals surface area contributed by atoms with E-state index in [-0.39, 0.29) is 11.8 Å². The molecule has 0 saturated heterocycles. The van der Waals surface area contributed by atoms with Crippen molar-refractivity contribution in [2.45, 2.75) is 18.9 Å². The lowest BCUT2D eigenvalue weighted by Gasteiger charge is -2.24. The maximum Gasteiger partial charge on any atom is 0.226 e. The molecule has 0 saturated carbocycles. The van der Waals surface area contributed by atoms with E-state index in [0.29, 0.717) is 13.0 Å². The van der Waals surface area contributed by atoms with Crippen LogP contribution < -0.4 is 10.1 Å². The van der Waals surface area contributed by atoms with Gasteiger partial charge in [-0.05, 0) is 23.3 Å². The molecule has 3 aromatic rings. The van der Waals surface area contributed by atoms with Crippen molar-refractivity contribution in [3.63, 3.8) is 0 Å². The van der Waals surface area contributed by atoms with Crippen LogP contribution in [0.15, 0.2) is 60.8 Å². The van der Waals surface area contributed by atoms with Crippen LogP contribution in [0.4, 0.5) is 5.82 Å². The Morgan fingerprint density at radius 3 is 2.84 bits per heavy atom. The zero-order valence-corrected chi connectivity index (χ0v) is 14.0. The zero-order chi connectivity index (χ0) is 17.2. The van der Waals surface area contributed by atoms with Gasteiger partial charge in [-0.3, -0.25) is 4.79 Å². The second-order valence-electron chi connectivity index (χ2n) is 6.17. The van der Waals surface area contributed by atoms with Crippen LogP contribution in [0.25, 0.3) is 0 Å². The molecule has 1 aliphatic heterocycles. The van der Waals surface area contributed by atoms with Crippen molar-refractivity contribution < 1.29 is 9.53 Å². The fraction of sp³-hybridized carbons (Fsp3) is 0.200. The first-order chi connectivity index (χ1) is 12.2. The van der Waals surface area contributed by atoms with E-state index in [1.165, 1.54) is 0 Å². The van der Waals surface area contributed by atoms with Gasteiger partial charge in [0.2, 0.25) is 5.91 Å².